The Bertz CT molecular complexity index is 990. The van der Waals surface area contributed by atoms with E-state index in [4.69, 9.17) is 11.6 Å². The Labute approximate surface area is 165 Å². The van der Waals surface area contributed by atoms with Crippen molar-refractivity contribution in [1.29, 1.82) is 0 Å². The van der Waals surface area contributed by atoms with E-state index in [0.29, 0.717) is 16.3 Å². The number of hydrogen-bond acceptors (Lipinski definition) is 5. The van der Waals surface area contributed by atoms with Gasteiger partial charge in [-0.15, -0.1) is 5.10 Å². The van der Waals surface area contributed by atoms with Crippen LogP contribution < -0.4 is 5.32 Å². The number of nitrogens with zero attached hydrogens (tertiary/aromatic N) is 4. The normalized spacial score (nSPS) is 12.0. The number of carboxylic acids is 1. The summed E-state index contributed by atoms with van der Waals surface area (Å²) in [7, 11) is 0. The van der Waals surface area contributed by atoms with Crippen LogP contribution in [0.1, 0.15) is 11.1 Å². The quantitative estimate of drug-likeness (QED) is 0.591. The molecule has 0 aliphatic rings. The van der Waals surface area contributed by atoms with E-state index in [1.165, 1.54) is 23.2 Å². The molecular formula is C19H16ClN5O3. The smallest absolute Gasteiger partial charge is 0.326 e. The second kappa shape index (κ2) is 8.92. The molecule has 28 heavy (non-hydrogen) atoms. The predicted molar refractivity (Wildman–Crippen MR) is 103 cm³/mol. The number of carboxylic acid groups (broad SMARTS) is 1. The molecule has 0 fully saturated rings. The molecule has 0 aliphatic carbocycles. The topological polar surface area (TPSA) is 110 Å². The molecule has 1 heterocycles. The molecule has 9 heteroatoms. The van der Waals surface area contributed by atoms with Crippen LogP contribution in [0.4, 0.5) is 0 Å². The van der Waals surface area contributed by atoms with Crippen molar-refractivity contribution >= 4 is 29.6 Å². The minimum Gasteiger partial charge on any atom is -0.480 e. The molecule has 0 aliphatic heterocycles. The van der Waals surface area contributed by atoms with Crippen LogP contribution >= 0.6 is 11.6 Å². The first kappa shape index (κ1) is 19.2. The fourth-order valence-electron chi connectivity index (χ4n) is 2.57. The fourth-order valence-corrected chi connectivity index (χ4v) is 2.75. The molecule has 3 aromatic rings. The van der Waals surface area contributed by atoms with Gasteiger partial charge in [0.05, 0.1) is 5.69 Å². The standard InChI is InChI=1S/C19H16ClN5O3/c20-15-7-8-17(25-12-21-23-24-25)14(11-15)6-9-18(26)22-16(19(27)28)10-13-4-2-1-3-5-13/h1-9,11-12,16H,10H2,(H,22,26)(H,27,28)/t16-/m0/s1. The van der Waals surface area contributed by atoms with Crippen molar-refractivity contribution in [3.05, 3.63) is 77.1 Å². The number of carbonyl (C=O) groups is 2. The Morgan fingerprint density at radius 1 is 1.21 bits per heavy atom. The number of aromatic nitrogens is 4. The van der Waals surface area contributed by atoms with Gasteiger partial charge in [-0.2, -0.15) is 4.68 Å². The van der Waals surface area contributed by atoms with E-state index in [1.54, 1.807) is 18.2 Å². The van der Waals surface area contributed by atoms with Crippen molar-refractivity contribution in [3.63, 3.8) is 0 Å². The molecule has 0 spiro atoms. The van der Waals surface area contributed by atoms with Crippen LogP contribution in [-0.2, 0) is 16.0 Å². The van der Waals surface area contributed by atoms with E-state index in [-0.39, 0.29) is 6.42 Å². The molecule has 0 bridgehead atoms. The lowest BCUT2D eigenvalue weighted by Crippen LogP contribution is -2.41. The Morgan fingerprint density at radius 3 is 2.68 bits per heavy atom. The number of carbonyl (C=O) groups excluding carboxylic acids is 1. The van der Waals surface area contributed by atoms with Crippen molar-refractivity contribution in [3.8, 4) is 5.69 Å². The van der Waals surface area contributed by atoms with Crippen LogP contribution in [0.15, 0.2) is 60.9 Å². The van der Waals surface area contributed by atoms with Crippen molar-refractivity contribution in [2.75, 3.05) is 0 Å². The highest BCUT2D eigenvalue weighted by Crippen LogP contribution is 2.20. The molecule has 2 aromatic carbocycles. The zero-order valence-electron chi connectivity index (χ0n) is 14.6. The summed E-state index contributed by atoms with van der Waals surface area (Å²) in [6.45, 7) is 0. The average Bonchev–Trinajstić information content (AvgIpc) is 3.21. The van der Waals surface area contributed by atoms with Crippen LogP contribution in [0.2, 0.25) is 5.02 Å². The SMILES string of the molecule is O=C(C=Cc1cc(Cl)ccc1-n1cnnn1)N[C@@H](Cc1ccccc1)C(=O)O. The molecule has 1 amide bonds. The third-order valence-electron chi connectivity index (χ3n) is 3.90. The van der Waals surface area contributed by atoms with Gasteiger partial charge in [0.15, 0.2) is 0 Å². The number of hydrogen-bond donors (Lipinski definition) is 2. The number of nitrogens with one attached hydrogen (secondary N) is 1. The minimum absolute atomic E-state index is 0.183. The second-order valence-electron chi connectivity index (χ2n) is 5.88. The summed E-state index contributed by atoms with van der Waals surface area (Å²) in [5, 5.41) is 23.4. The molecule has 0 saturated heterocycles. The third kappa shape index (κ3) is 5.01. The highest BCUT2D eigenvalue weighted by Gasteiger charge is 2.19. The number of benzene rings is 2. The van der Waals surface area contributed by atoms with E-state index in [9.17, 15) is 14.7 Å². The molecule has 0 saturated carbocycles. The van der Waals surface area contributed by atoms with Gasteiger partial charge in [-0.1, -0.05) is 41.9 Å². The van der Waals surface area contributed by atoms with Crippen LogP contribution in [-0.4, -0.2) is 43.2 Å². The molecule has 142 valence electrons. The molecule has 0 unspecified atom stereocenters. The van der Waals surface area contributed by atoms with E-state index >= 15 is 0 Å². The van der Waals surface area contributed by atoms with Crippen molar-refractivity contribution in [1.82, 2.24) is 25.5 Å². The zero-order chi connectivity index (χ0) is 19.9. The fraction of sp³-hybridized carbons (Fsp3) is 0.105. The maximum atomic E-state index is 12.3. The average molecular weight is 398 g/mol. The highest BCUT2D eigenvalue weighted by atomic mass is 35.5. The van der Waals surface area contributed by atoms with Gasteiger partial charge in [0, 0.05) is 23.1 Å². The van der Waals surface area contributed by atoms with Gasteiger partial charge in [-0.3, -0.25) is 4.79 Å². The summed E-state index contributed by atoms with van der Waals surface area (Å²) in [5.41, 5.74) is 2.04. The Hall–Kier alpha value is -3.52. The second-order valence-corrected chi connectivity index (χ2v) is 6.32. The molecule has 1 aromatic heterocycles. The van der Waals surface area contributed by atoms with Crippen molar-refractivity contribution < 1.29 is 14.7 Å². The van der Waals surface area contributed by atoms with Gasteiger partial charge in [0.25, 0.3) is 0 Å². The van der Waals surface area contributed by atoms with E-state index in [2.05, 4.69) is 20.8 Å². The van der Waals surface area contributed by atoms with Crippen molar-refractivity contribution in [2.24, 2.45) is 0 Å². The Kier molecular flexibility index (Phi) is 6.13. The van der Waals surface area contributed by atoms with Gasteiger partial charge in [0.2, 0.25) is 5.91 Å². The summed E-state index contributed by atoms with van der Waals surface area (Å²) in [6, 6.07) is 13.1. The van der Waals surface area contributed by atoms with E-state index in [0.717, 1.165) is 5.56 Å². The lowest BCUT2D eigenvalue weighted by molar-refractivity contribution is -0.141. The predicted octanol–water partition coefficient (Wildman–Crippen LogP) is 2.14. The summed E-state index contributed by atoms with van der Waals surface area (Å²) in [4.78, 5) is 23.7. The van der Waals surface area contributed by atoms with E-state index in [1.807, 2.05) is 30.3 Å². The highest BCUT2D eigenvalue weighted by molar-refractivity contribution is 6.30. The summed E-state index contributed by atoms with van der Waals surface area (Å²) >= 11 is 6.04. The largest absolute Gasteiger partial charge is 0.480 e. The maximum Gasteiger partial charge on any atom is 0.326 e. The van der Waals surface area contributed by atoms with Crippen molar-refractivity contribution in [2.45, 2.75) is 12.5 Å². The molecule has 2 N–H and O–H groups in total. The van der Waals surface area contributed by atoms with Gasteiger partial charge >= 0.3 is 5.97 Å². The lowest BCUT2D eigenvalue weighted by Gasteiger charge is -2.13. The third-order valence-corrected chi connectivity index (χ3v) is 4.13. The minimum atomic E-state index is -1.11. The molecule has 1 atom stereocenters. The van der Waals surface area contributed by atoms with Gasteiger partial charge in [0.1, 0.15) is 12.4 Å². The van der Waals surface area contributed by atoms with Gasteiger partial charge < -0.3 is 10.4 Å². The summed E-state index contributed by atoms with van der Waals surface area (Å²) in [5.74, 6) is -1.64. The van der Waals surface area contributed by atoms with Gasteiger partial charge in [-0.05, 0) is 40.3 Å². The molecule has 8 nitrogen and oxygen atoms in total. The summed E-state index contributed by atoms with van der Waals surface area (Å²) < 4.78 is 1.43. The van der Waals surface area contributed by atoms with Crippen LogP contribution in [0, 0.1) is 0 Å². The number of tetrazole rings is 1. The maximum absolute atomic E-state index is 12.3. The van der Waals surface area contributed by atoms with Crippen LogP contribution in [0.5, 0.6) is 0 Å². The first-order valence-electron chi connectivity index (χ1n) is 8.31. The summed E-state index contributed by atoms with van der Waals surface area (Å²) in [6.07, 6.45) is 4.38. The zero-order valence-corrected chi connectivity index (χ0v) is 15.3. The first-order valence-corrected chi connectivity index (χ1v) is 8.69. The number of aliphatic carboxylic acids is 1. The number of rotatable bonds is 7. The van der Waals surface area contributed by atoms with Crippen LogP contribution in [0.3, 0.4) is 0 Å². The monoisotopic (exact) mass is 397 g/mol. The van der Waals surface area contributed by atoms with Gasteiger partial charge in [-0.25, -0.2) is 4.79 Å². The first-order chi connectivity index (χ1) is 13.5. The van der Waals surface area contributed by atoms with Crippen LogP contribution in [0.25, 0.3) is 11.8 Å². The Balaban J connectivity index is 1.74. The van der Waals surface area contributed by atoms with E-state index < -0.39 is 17.9 Å². The molecule has 0 radical (unpaired) electrons. The number of halogens is 1. The molecular weight excluding hydrogens is 382 g/mol. The number of amides is 1. The molecule has 3 rings (SSSR count). The Morgan fingerprint density at radius 2 is 2.00 bits per heavy atom. The lowest BCUT2D eigenvalue weighted by atomic mass is 10.1.